The maximum atomic E-state index is 11.3. The zero-order chi connectivity index (χ0) is 19.8. The van der Waals surface area contributed by atoms with Gasteiger partial charge in [-0.15, -0.1) is 0 Å². The molecule has 0 aromatic rings. The third-order valence-electron chi connectivity index (χ3n) is 4.27. The highest BCUT2D eigenvalue weighted by Crippen LogP contribution is 2.09. The first-order valence-electron chi connectivity index (χ1n) is 11.2. The topological polar surface area (TPSA) is 54.0 Å². The number of carbonyl (C=O) groups is 1. The molecular weight excluding hydrogens is 344 g/mol. The monoisotopic (exact) mass is 388 g/mol. The van der Waals surface area contributed by atoms with Gasteiger partial charge in [0.05, 0.1) is 33.0 Å². The standard InChI is InChI=1S/C22H44O5/c1-3-5-6-7-8-9-10-11-12-16-24-18-20-26-21-19-25-17-13-14-22(23)27-15-4-2/h3-21H2,1-2H3. The van der Waals surface area contributed by atoms with Gasteiger partial charge in [-0.25, -0.2) is 0 Å². The number of hydrogen-bond donors (Lipinski definition) is 0. The molecule has 0 N–H and O–H groups in total. The van der Waals surface area contributed by atoms with Gasteiger partial charge < -0.3 is 18.9 Å². The third kappa shape index (κ3) is 23.3. The minimum Gasteiger partial charge on any atom is -0.466 e. The van der Waals surface area contributed by atoms with Gasteiger partial charge in [-0.2, -0.15) is 0 Å². The molecule has 5 nitrogen and oxygen atoms in total. The van der Waals surface area contributed by atoms with E-state index in [1.54, 1.807) is 0 Å². The Kier molecular flexibility index (Phi) is 22.8. The van der Waals surface area contributed by atoms with E-state index in [4.69, 9.17) is 18.9 Å². The summed E-state index contributed by atoms with van der Waals surface area (Å²) in [4.78, 5) is 11.3. The maximum absolute atomic E-state index is 11.3. The first-order chi connectivity index (χ1) is 13.3. The molecule has 0 aromatic carbocycles. The minimum atomic E-state index is -0.138. The molecule has 0 bridgehead atoms. The second kappa shape index (κ2) is 23.4. The number of hydrogen-bond acceptors (Lipinski definition) is 5. The van der Waals surface area contributed by atoms with Gasteiger partial charge >= 0.3 is 5.97 Å². The molecule has 0 saturated heterocycles. The average Bonchev–Trinajstić information content (AvgIpc) is 2.68. The Labute approximate surface area is 167 Å². The van der Waals surface area contributed by atoms with Crippen LogP contribution in [0.2, 0.25) is 0 Å². The summed E-state index contributed by atoms with van der Waals surface area (Å²) >= 11 is 0. The lowest BCUT2D eigenvalue weighted by atomic mass is 10.1. The Morgan fingerprint density at radius 1 is 0.519 bits per heavy atom. The summed E-state index contributed by atoms with van der Waals surface area (Å²) in [7, 11) is 0. The van der Waals surface area contributed by atoms with Gasteiger partial charge in [0.25, 0.3) is 0 Å². The van der Waals surface area contributed by atoms with Crippen LogP contribution in [0.15, 0.2) is 0 Å². The Morgan fingerprint density at radius 3 is 1.56 bits per heavy atom. The number of esters is 1. The predicted molar refractivity (Wildman–Crippen MR) is 110 cm³/mol. The van der Waals surface area contributed by atoms with Crippen molar-refractivity contribution in [3.05, 3.63) is 0 Å². The molecule has 0 aliphatic rings. The second-order valence-corrected chi connectivity index (χ2v) is 6.99. The second-order valence-electron chi connectivity index (χ2n) is 6.99. The van der Waals surface area contributed by atoms with Crippen molar-refractivity contribution in [2.24, 2.45) is 0 Å². The molecule has 27 heavy (non-hydrogen) atoms. The zero-order valence-corrected chi connectivity index (χ0v) is 18.0. The van der Waals surface area contributed by atoms with Crippen molar-refractivity contribution in [3.8, 4) is 0 Å². The SMILES string of the molecule is CCCCCCCCCCCOCCOCCOCCCC(=O)OCCC. The van der Waals surface area contributed by atoms with Crippen LogP contribution in [0, 0.1) is 0 Å². The lowest BCUT2D eigenvalue weighted by Gasteiger charge is -2.07. The normalized spacial score (nSPS) is 11.0. The molecule has 0 fully saturated rings. The summed E-state index contributed by atoms with van der Waals surface area (Å²) in [6, 6.07) is 0. The van der Waals surface area contributed by atoms with Crippen molar-refractivity contribution in [3.63, 3.8) is 0 Å². The first-order valence-corrected chi connectivity index (χ1v) is 11.2. The van der Waals surface area contributed by atoms with E-state index in [1.165, 1.54) is 51.4 Å². The highest BCUT2D eigenvalue weighted by molar-refractivity contribution is 5.69. The quantitative estimate of drug-likeness (QED) is 0.186. The highest BCUT2D eigenvalue weighted by Gasteiger charge is 2.01. The molecule has 0 saturated carbocycles. The zero-order valence-electron chi connectivity index (χ0n) is 18.0. The minimum absolute atomic E-state index is 0.138. The van der Waals surface area contributed by atoms with Crippen LogP contribution in [0.4, 0.5) is 0 Å². The van der Waals surface area contributed by atoms with Gasteiger partial charge in [-0.1, -0.05) is 65.2 Å². The predicted octanol–water partition coefficient (Wildman–Crippen LogP) is 5.30. The summed E-state index contributed by atoms with van der Waals surface area (Å²) in [6.45, 7) is 8.56. The van der Waals surface area contributed by atoms with E-state index < -0.39 is 0 Å². The highest BCUT2D eigenvalue weighted by atomic mass is 16.5. The van der Waals surface area contributed by atoms with Crippen molar-refractivity contribution in [2.45, 2.75) is 90.9 Å². The molecule has 0 radical (unpaired) electrons. The van der Waals surface area contributed by atoms with Crippen molar-refractivity contribution in [1.82, 2.24) is 0 Å². The van der Waals surface area contributed by atoms with Crippen molar-refractivity contribution in [1.29, 1.82) is 0 Å². The van der Waals surface area contributed by atoms with Crippen LogP contribution in [0.3, 0.4) is 0 Å². The Bertz CT molecular complexity index is 296. The molecule has 0 heterocycles. The molecule has 5 heteroatoms. The molecule has 0 atom stereocenters. The van der Waals surface area contributed by atoms with Crippen LogP contribution in [0.1, 0.15) is 90.9 Å². The van der Waals surface area contributed by atoms with Gasteiger partial charge in [0, 0.05) is 19.6 Å². The van der Waals surface area contributed by atoms with Gasteiger partial charge in [-0.05, 0) is 19.3 Å². The van der Waals surface area contributed by atoms with Gasteiger partial charge in [-0.3, -0.25) is 4.79 Å². The smallest absolute Gasteiger partial charge is 0.305 e. The van der Waals surface area contributed by atoms with E-state index in [0.29, 0.717) is 52.5 Å². The summed E-state index contributed by atoms with van der Waals surface area (Å²) in [6.07, 6.45) is 14.0. The third-order valence-corrected chi connectivity index (χ3v) is 4.27. The van der Waals surface area contributed by atoms with E-state index in [2.05, 4.69) is 6.92 Å². The molecule has 0 rings (SSSR count). The molecular formula is C22H44O5. The molecule has 0 aromatic heterocycles. The van der Waals surface area contributed by atoms with Crippen molar-refractivity contribution >= 4 is 5.97 Å². The van der Waals surface area contributed by atoms with Crippen LogP contribution >= 0.6 is 0 Å². The average molecular weight is 389 g/mol. The fourth-order valence-corrected chi connectivity index (χ4v) is 2.66. The van der Waals surface area contributed by atoms with Crippen LogP contribution in [-0.4, -0.2) is 52.2 Å². The van der Waals surface area contributed by atoms with E-state index >= 15 is 0 Å². The van der Waals surface area contributed by atoms with E-state index in [1.807, 2.05) is 6.92 Å². The molecule has 0 amide bonds. The van der Waals surface area contributed by atoms with Crippen molar-refractivity contribution in [2.75, 3.05) is 46.2 Å². The Morgan fingerprint density at radius 2 is 1.00 bits per heavy atom. The number of carbonyl (C=O) groups excluding carboxylic acids is 1. The van der Waals surface area contributed by atoms with Gasteiger partial charge in [0.1, 0.15) is 0 Å². The van der Waals surface area contributed by atoms with Crippen LogP contribution in [0.25, 0.3) is 0 Å². The largest absolute Gasteiger partial charge is 0.466 e. The van der Waals surface area contributed by atoms with E-state index in [9.17, 15) is 4.79 Å². The fourth-order valence-electron chi connectivity index (χ4n) is 2.66. The van der Waals surface area contributed by atoms with E-state index in [0.717, 1.165) is 19.4 Å². The lowest BCUT2D eigenvalue weighted by molar-refractivity contribution is -0.144. The molecule has 162 valence electrons. The van der Waals surface area contributed by atoms with Crippen molar-refractivity contribution < 1.29 is 23.7 Å². The maximum Gasteiger partial charge on any atom is 0.305 e. The summed E-state index contributed by atoms with van der Waals surface area (Å²) < 4.78 is 21.5. The summed E-state index contributed by atoms with van der Waals surface area (Å²) in [5.41, 5.74) is 0. The first kappa shape index (κ1) is 26.4. The Hall–Kier alpha value is -0.650. The number of rotatable bonds is 22. The van der Waals surface area contributed by atoms with Crippen LogP contribution in [-0.2, 0) is 23.7 Å². The van der Waals surface area contributed by atoms with Crippen LogP contribution < -0.4 is 0 Å². The number of unbranched alkanes of at least 4 members (excludes halogenated alkanes) is 8. The van der Waals surface area contributed by atoms with Gasteiger partial charge in [0.2, 0.25) is 0 Å². The molecule has 0 aliphatic carbocycles. The van der Waals surface area contributed by atoms with E-state index in [-0.39, 0.29) is 5.97 Å². The van der Waals surface area contributed by atoms with Gasteiger partial charge in [0.15, 0.2) is 0 Å². The fraction of sp³-hybridized carbons (Fsp3) is 0.955. The molecule has 0 aliphatic heterocycles. The summed E-state index contributed by atoms with van der Waals surface area (Å²) in [5.74, 6) is -0.138. The molecule has 0 unspecified atom stereocenters. The van der Waals surface area contributed by atoms with Crippen LogP contribution in [0.5, 0.6) is 0 Å². The molecule has 0 spiro atoms. The number of ether oxygens (including phenoxy) is 4. The lowest BCUT2D eigenvalue weighted by Crippen LogP contribution is -2.11. The Balaban J connectivity index is 3.04. The summed E-state index contributed by atoms with van der Waals surface area (Å²) in [5, 5.41) is 0.